The molecule has 0 saturated carbocycles. The molecular formula is C17H26N4O2. The average molecular weight is 318 g/mol. The monoisotopic (exact) mass is 318 g/mol. The molecule has 2 amide bonds. The van der Waals surface area contributed by atoms with Crippen molar-refractivity contribution in [2.45, 2.75) is 32.4 Å². The van der Waals surface area contributed by atoms with Crippen molar-refractivity contribution in [1.29, 1.82) is 0 Å². The summed E-state index contributed by atoms with van der Waals surface area (Å²) in [6, 6.07) is 8.15. The lowest BCUT2D eigenvalue weighted by molar-refractivity contribution is -0.123. The standard InChI is InChI=1S/C17H26N4O2/c18-7-6-16(22)20-10-13-3-1-4-14(9-13)11-21-8-2-5-15(12-21)17(19)23/h1,3-4,9,15H,2,5-8,10-12,18H2,(H2,19,23)(H,20,22). The fourth-order valence-electron chi connectivity index (χ4n) is 2.95. The minimum Gasteiger partial charge on any atom is -0.369 e. The molecule has 0 bridgehead atoms. The van der Waals surface area contributed by atoms with E-state index in [1.807, 2.05) is 12.1 Å². The number of likely N-dealkylation sites (tertiary alicyclic amines) is 1. The highest BCUT2D eigenvalue weighted by molar-refractivity contribution is 5.77. The SMILES string of the molecule is NCCC(=O)NCc1cccc(CN2CCCC(C(N)=O)C2)c1. The normalized spacial score (nSPS) is 18.6. The molecule has 1 unspecified atom stereocenters. The van der Waals surface area contributed by atoms with Crippen LogP contribution < -0.4 is 16.8 Å². The number of carbonyl (C=O) groups is 2. The molecule has 6 nitrogen and oxygen atoms in total. The van der Waals surface area contributed by atoms with Crippen molar-refractivity contribution >= 4 is 11.8 Å². The Morgan fingerprint density at radius 3 is 2.83 bits per heavy atom. The van der Waals surface area contributed by atoms with E-state index in [4.69, 9.17) is 11.5 Å². The molecule has 1 aromatic rings. The summed E-state index contributed by atoms with van der Waals surface area (Å²) in [5, 5.41) is 2.86. The summed E-state index contributed by atoms with van der Waals surface area (Å²) in [4.78, 5) is 25.1. The lowest BCUT2D eigenvalue weighted by Gasteiger charge is -2.31. The van der Waals surface area contributed by atoms with Crippen LogP contribution in [0.3, 0.4) is 0 Å². The third-order valence-electron chi connectivity index (χ3n) is 4.17. The smallest absolute Gasteiger partial charge is 0.221 e. The van der Waals surface area contributed by atoms with Crippen LogP contribution in [0.1, 0.15) is 30.4 Å². The zero-order chi connectivity index (χ0) is 16.7. The molecule has 1 saturated heterocycles. The molecule has 1 aromatic carbocycles. The van der Waals surface area contributed by atoms with Gasteiger partial charge in [0, 0.05) is 32.6 Å². The Balaban J connectivity index is 1.89. The van der Waals surface area contributed by atoms with Crippen LogP contribution >= 0.6 is 0 Å². The number of nitrogens with two attached hydrogens (primary N) is 2. The van der Waals surface area contributed by atoms with Gasteiger partial charge in [-0.3, -0.25) is 14.5 Å². The first kappa shape index (κ1) is 17.4. The molecule has 1 aliphatic rings. The zero-order valence-electron chi connectivity index (χ0n) is 13.5. The number of piperidine rings is 1. The van der Waals surface area contributed by atoms with Gasteiger partial charge in [-0.2, -0.15) is 0 Å². The molecule has 126 valence electrons. The summed E-state index contributed by atoms with van der Waals surface area (Å²) in [6.07, 6.45) is 2.24. The van der Waals surface area contributed by atoms with E-state index < -0.39 is 0 Å². The molecule has 1 heterocycles. The van der Waals surface area contributed by atoms with Gasteiger partial charge in [-0.25, -0.2) is 0 Å². The maximum atomic E-state index is 11.5. The second kappa shape index (κ2) is 8.64. The lowest BCUT2D eigenvalue weighted by atomic mass is 9.97. The number of amides is 2. The molecule has 23 heavy (non-hydrogen) atoms. The summed E-state index contributed by atoms with van der Waals surface area (Å²) in [5.41, 5.74) is 13.0. The predicted molar refractivity (Wildman–Crippen MR) is 89.2 cm³/mol. The van der Waals surface area contributed by atoms with E-state index in [0.29, 0.717) is 19.5 Å². The average Bonchev–Trinajstić information content (AvgIpc) is 2.54. The first-order chi connectivity index (χ1) is 11.1. The quantitative estimate of drug-likeness (QED) is 0.675. The van der Waals surface area contributed by atoms with Gasteiger partial charge in [0.15, 0.2) is 0 Å². The van der Waals surface area contributed by atoms with Gasteiger partial charge >= 0.3 is 0 Å². The Morgan fingerprint density at radius 1 is 1.30 bits per heavy atom. The van der Waals surface area contributed by atoms with E-state index in [-0.39, 0.29) is 17.7 Å². The van der Waals surface area contributed by atoms with Gasteiger partial charge in [-0.05, 0) is 30.5 Å². The number of benzene rings is 1. The Morgan fingerprint density at radius 2 is 2.09 bits per heavy atom. The summed E-state index contributed by atoms with van der Waals surface area (Å²) >= 11 is 0. The molecule has 0 spiro atoms. The third kappa shape index (κ3) is 5.65. The number of rotatable bonds is 7. The van der Waals surface area contributed by atoms with Crippen molar-refractivity contribution < 1.29 is 9.59 Å². The van der Waals surface area contributed by atoms with E-state index in [9.17, 15) is 9.59 Å². The van der Waals surface area contributed by atoms with Crippen molar-refractivity contribution in [3.05, 3.63) is 35.4 Å². The number of primary amides is 1. The molecule has 1 aliphatic heterocycles. The highest BCUT2D eigenvalue weighted by Crippen LogP contribution is 2.18. The van der Waals surface area contributed by atoms with Crippen molar-refractivity contribution in [3.63, 3.8) is 0 Å². The maximum Gasteiger partial charge on any atom is 0.221 e. The van der Waals surface area contributed by atoms with Crippen LogP contribution in [0.25, 0.3) is 0 Å². The third-order valence-corrected chi connectivity index (χ3v) is 4.17. The Hall–Kier alpha value is -1.92. The minimum atomic E-state index is -0.203. The summed E-state index contributed by atoms with van der Waals surface area (Å²) in [7, 11) is 0. The van der Waals surface area contributed by atoms with Crippen LogP contribution in [-0.2, 0) is 22.7 Å². The van der Waals surface area contributed by atoms with Crippen LogP contribution in [-0.4, -0.2) is 36.3 Å². The van der Waals surface area contributed by atoms with Crippen molar-refractivity contribution in [2.24, 2.45) is 17.4 Å². The first-order valence-corrected chi connectivity index (χ1v) is 8.14. The van der Waals surface area contributed by atoms with Crippen molar-refractivity contribution in [3.8, 4) is 0 Å². The van der Waals surface area contributed by atoms with Crippen molar-refractivity contribution in [2.75, 3.05) is 19.6 Å². The highest BCUT2D eigenvalue weighted by atomic mass is 16.2. The molecule has 2 rings (SSSR count). The van der Waals surface area contributed by atoms with E-state index in [0.717, 1.165) is 38.0 Å². The van der Waals surface area contributed by atoms with Gasteiger partial charge in [0.25, 0.3) is 0 Å². The predicted octanol–water partition coefficient (Wildman–Crippen LogP) is 0.349. The second-order valence-electron chi connectivity index (χ2n) is 6.11. The van der Waals surface area contributed by atoms with Crippen LogP contribution in [0.15, 0.2) is 24.3 Å². The Bertz CT molecular complexity index is 547. The van der Waals surface area contributed by atoms with Gasteiger partial charge in [0.1, 0.15) is 0 Å². The van der Waals surface area contributed by atoms with E-state index >= 15 is 0 Å². The van der Waals surface area contributed by atoms with Crippen molar-refractivity contribution in [1.82, 2.24) is 10.2 Å². The fourth-order valence-corrected chi connectivity index (χ4v) is 2.95. The topological polar surface area (TPSA) is 101 Å². The number of nitrogens with one attached hydrogen (secondary N) is 1. The van der Waals surface area contributed by atoms with Crippen LogP contribution in [0.4, 0.5) is 0 Å². The first-order valence-electron chi connectivity index (χ1n) is 8.14. The highest BCUT2D eigenvalue weighted by Gasteiger charge is 2.23. The lowest BCUT2D eigenvalue weighted by Crippen LogP contribution is -2.40. The molecule has 0 aromatic heterocycles. The molecule has 0 aliphatic carbocycles. The van der Waals surface area contributed by atoms with Gasteiger partial charge < -0.3 is 16.8 Å². The largest absolute Gasteiger partial charge is 0.369 e. The van der Waals surface area contributed by atoms with Gasteiger partial charge in [0.05, 0.1) is 5.92 Å². The number of nitrogens with zero attached hydrogens (tertiary/aromatic N) is 1. The summed E-state index contributed by atoms with van der Waals surface area (Å²) < 4.78 is 0. The fraction of sp³-hybridized carbons (Fsp3) is 0.529. The molecule has 6 heteroatoms. The Labute approximate surface area is 137 Å². The van der Waals surface area contributed by atoms with Crippen LogP contribution in [0, 0.1) is 5.92 Å². The molecule has 0 radical (unpaired) electrons. The number of hydrogen-bond acceptors (Lipinski definition) is 4. The molecular weight excluding hydrogens is 292 g/mol. The van der Waals surface area contributed by atoms with Crippen LogP contribution in [0.2, 0.25) is 0 Å². The number of carbonyl (C=O) groups excluding carboxylic acids is 2. The molecule has 1 fully saturated rings. The van der Waals surface area contributed by atoms with E-state index in [1.165, 1.54) is 5.56 Å². The minimum absolute atomic E-state index is 0.0294. The molecule has 5 N–H and O–H groups in total. The van der Waals surface area contributed by atoms with E-state index in [2.05, 4.69) is 22.3 Å². The number of hydrogen-bond donors (Lipinski definition) is 3. The second-order valence-corrected chi connectivity index (χ2v) is 6.11. The maximum absolute atomic E-state index is 11.5. The van der Waals surface area contributed by atoms with Gasteiger partial charge in [-0.15, -0.1) is 0 Å². The summed E-state index contributed by atoms with van der Waals surface area (Å²) in [5.74, 6) is -0.271. The zero-order valence-corrected chi connectivity index (χ0v) is 13.5. The van der Waals surface area contributed by atoms with Gasteiger partial charge in [-0.1, -0.05) is 24.3 Å². The van der Waals surface area contributed by atoms with Crippen LogP contribution in [0.5, 0.6) is 0 Å². The van der Waals surface area contributed by atoms with E-state index in [1.54, 1.807) is 0 Å². The molecule has 1 atom stereocenters. The summed E-state index contributed by atoms with van der Waals surface area (Å²) in [6.45, 7) is 3.39. The Kier molecular flexibility index (Phi) is 6.55. The van der Waals surface area contributed by atoms with Gasteiger partial charge in [0.2, 0.25) is 11.8 Å².